The Labute approximate surface area is 274 Å². The highest BCUT2D eigenvalue weighted by molar-refractivity contribution is 7.99. The summed E-state index contributed by atoms with van der Waals surface area (Å²) in [5, 5.41) is 2.60. The highest BCUT2D eigenvalue weighted by atomic mass is 32.2. The first-order valence-electron chi connectivity index (χ1n) is 15.4. The maximum absolute atomic E-state index is 14.2. The number of carbonyl (C=O) groups is 2. The quantitative estimate of drug-likeness (QED) is 0.305. The lowest BCUT2D eigenvalue weighted by Gasteiger charge is -2.38. The number of halogens is 2. The smallest absolute Gasteiger partial charge is 0.247 e. The highest BCUT2D eigenvalue weighted by Gasteiger charge is 2.50. The van der Waals surface area contributed by atoms with E-state index in [0.717, 1.165) is 43.7 Å². The number of hydrogen-bond donors (Lipinski definition) is 3. The molecule has 2 aliphatic rings. The van der Waals surface area contributed by atoms with Crippen molar-refractivity contribution in [3.8, 4) is 0 Å². The fraction of sp³-hybridized carbons (Fsp3) is 0.500. The number of carbonyl (C=O) groups excluding carboxylic acids is 2. The molecular weight excluding hydrogens is 655 g/mol. The number of amides is 2. The molecule has 2 aromatic carbocycles. The van der Waals surface area contributed by atoms with Crippen molar-refractivity contribution in [1.82, 2.24) is 14.9 Å². The molecule has 4 N–H and O–H groups in total. The summed E-state index contributed by atoms with van der Waals surface area (Å²) in [5.74, 6) is -2.63. The fourth-order valence-electron chi connectivity index (χ4n) is 5.93. The minimum absolute atomic E-state index is 0.0211. The topological polar surface area (TPSA) is 165 Å². The zero-order valence-electron chi connectivity index (χ0n) is 26.9. The van der Waals surface area contributed by atoms with Crippen LogP contribution in [-0.2, 0) is 40.8 Å². The van der Waals surface area contributed by atoms with E-state index in [9.17, 15) is 35.2 Å². The van der Waals surface area contributed by atoms with Gasteiger partial charge in [0.25, 0.3) is 0 Å². The van der Waals surface area contributed by atoms with Gasteiger partial charge in [0.15, 0.2) is 9.84 Å². The van der Waals surface area contributed by atoms with Gasteiger partial charge in [-0.25, -0.2) is 30.3 Å². The van der Waals surface area contributed by atoms with Gasteiger partial charge in [-0.3, -0.25) is 9.59 Å². The van der Waals surface area contributed by atoms with Crippen LogP contribution in [0.5, 0.6) is 0 Å². The molecule has 15 heteroatoms. The van der Waals surface area contributed by atoms with E-state index in [-0.39, 0.29) is 40.6 Å². The summed E-state index contributed by atoms with van der Waals surface area (Å²) < 4.78 is 88.1. The summed E-state index contributed by atoms with van der Waals surface area (Å²) in [4.78, 5) is 28.4. The standard InChI is InChI=1S/C32H42F2N4O7S2/c1-5-38(29(39)27(36-30(40)31(2,3)35)20-45-19-22-17-23(33)11-14-26(22)34)18-25-28(21-9-12-24(13-10-21)46(4,41)42)47(43,44)37-32(25)15-7-6-8-16-32/h9-14,17,27,37H,5-8,15-16,18-20,35H2,1-4H3,(H,36,40)/t27-/m1/s1. The number of rotatable bonds is 12. The second-order valence-corrected chi connectivity index (χ2v) is 16.3. The van der Waals surface area contributed by atoms with E-state index in [0.29, 0.717) is 18.4 Å². The van der Waals surface area contributed by atoms with Gasteiger partial charge in [0.2, 0.25) is 21.8 Å². The third-order valence-corrected chi connectivity index (χ3v) is 11.3. The molecule has 1 heterocycles. The van der Waals surface area contributed by atoms with Gasteiger partial charge in [-0.05, 0) is 75.1 Å². The first kappa shape index (κ1) is 36.6. The first-order chi connectivity index (χ1) is 21.9. The van der Waals surface area contributed by atoms with Gasteiger partial charge >= 0.3 is 0 Å². The highest BCUT2D eigenvalue weighted by Crippen LogP contribution is 2.46. The summed E-state index contributed by atoms with van der Waals surface area (Å²) >= 11 is 0. The molecule has 0 aromatic heterocycles. The Morgan fingerprint density at radius 3 is 2.32 bits per heavy atom. The molecule has 258 valence electrons. The lowest BCUT2D eigenvalue weighted by atomic mass is 9.76. The second-order valence-electron chi connectivity index (χ2n) is 12.7. The SMILES string of the molecule is CCN(CC1=C(c2ccc(S(C)(=O)=O)cc2)S(=O)(=O)NC12CCCCC2)C(=O)[C@@H](COCc1cc(F)ccc1F)NC(=O)C(C)(C)N. The lowest BCUT2D eigenvalue weighted by molar-refractivity contribution is -0.139. The molecule has 1 atom stereocenters. The molecule has 1 fully saturated rings. The van der Waals surface area contributed by atoms with Crippen LogP contribution >= 0.6 is 0 Å². The Hall–Kier alpha value is -3.24. The monoisotopic (exact) mass is 696 g/mol. The predicted molar refractivity (Wildman–Crippen MR) is 173 cm³/mol. The predicted octanol–water partition coefficient (Wildman–Crippen LogP) is 3.00. The van der Waals surface area contributed by atoms with Crippen LogP contribution in [0.1, 0.15) is 64.0 Å². The average molecular weight is 697 g/mol. The number of hydrogen-bond acceptors (Lipinski definition) is 8. The molecular formula is C32H42F2N4O7S2. The Kier molecular flexibility index (Phi) is 11.0. The van der Waals surface area contributed by atoms with E-state index in [4.69, 9.17) is 10.5 Å². The van der Waals surface area contributed by atoms with Gasteiger partial charge in [0.05, 0.1) is 34.1 Å². The third kappa shape index (κ3) is 8.44. The molecule has 4 rings (SSSR count). The molecule has 0 unspecified atom stereocenters. The maximum atomic E-state index is 14.2. The summed E-state index contributed by atoms with van der Waals surface area (Å²) in [7, 11) is -7.61. The molecule has 2 amide bonds. The number of sulfonamides is 1. The molecule has 0 saturated heterocycles. The van der Waals surface area contributed by atoms with Gasteiger partial charge in [0.1, 0.15) is 17.7 Å². The van der Waals surface area contributed by atoms with Gasteiger partial charge in [-0.15, -0.1) is 0 Å². The summed E-state index contributed by atoms with van der Waals surface area (Å²) in [5.41, 5.74) is 4.32. The van der Waals surface area contributed by atoms with Crippen molar-refractivity contribution in [3.05, 3.63) is 70.8 Å². The zero-order valence-corrected chi connectivity index (χ0v) is 28.6. The number of nitrogens with two attached hydrogens (primary N) is 1. The van der Waals surface area contributed by atoms with Crippen LogP contribution in [0, 0.1) is 11.6 Å². The molecule has 2 aromatic rings. The van der Waals surface area contributed by atoms with Crippen LogP contribution in [0.2, 0.25) is 0 Å². The van der Waals surface area contributed by atoms with Crippen LogP contribution in [0.4, 0.5) is 8.78 Å². The van der Waals surface area contributed by atoms with Crippen molar-refractivity contribution < 1.29 is 39.9 Å². The van der Waals surface area contributed by atoms with E-state index in [1.54, 1.807) is 6.92 Å². The normalized spacial score (nSPS) is 18.3. The Morgan fingerprint density at radius 1 is 1.11 bits per heavy atom. The van der Waals surface area contributed by atoms with E-state index in [1.165, 1.54) is 43.0 Å². The van der Waals surface area contributed by atoms with Gasteiger partial charge < -0.3 is 20.7 Å². The Balaban J connectivity index is 1.71. The molecule has 47 heavy (non-hydrogen) atoms. The van der Waals surface area contributed by atoms with Crippen LogP contribution in [0.3, 0.4) is 0 Å². The lowest BCUT2D eigenvalue weighted by Crippen LogP contribution is -2.58. The third-order valence-electron chi connectivity index (χ3n) is 8.48. The Morgan fingerprint density at radius 2 is 1.74 bits per heavy atom. The van der Waals surface area contributed by atoms with Gasteiger partial charge in [0, 0.05) is 24.9 Å². The molecule has 1 spiro atoms. The molecule has 1 saturated carbocycles. The van der Waals surface area contributed by atoms with Crippen molar-refractivity contribution >= 4 is 36.6 Å². The summed E-state index contributed by atoms with van der Waals surface area (Å²) in [6, 6.07) is 7.17. The zero-order chi connectivity index (χ0) is 34.8. The van der Waals surface area contributed by atoms with E-state index < -0.39 is 67.0 Å². The van der Waals surface area contributed by atoms with Crippen molar-refractivity contribution in [1.29, 1.82) is 0 Å². The molecule has 11 nitrogen and oxygen atoms in total. The van der Waals surface area contributed by atoms with Crippen LogP contribution in [-0.4, -0.2) is 76.6 Å². The molecule has 1 aliphatic heterocycles. The van der Waals surface area contributed by atoms with Crippen molar-refractivity contribution in [2.75, 3.05) is 26.0 Å². The van der Waals surface area contributed by atoms with Crippen LogP contribution in [0.25, 0.3) is 4.91 Å². The van der Waals surface area contributed by atoms with Crippen LogP contribution in [0.15, 0.2) is 52.9 Å². The maximum Gasteiger partial charge on any atom is 0.247 e. The fourth-order valence-corrected chi connectivity index (χ4v) is 8.54. The number of benzene rings is 2. The first-order valence-corrected chi connectivity index (χ1v) is 18.7. The minimum atomic E-state index is -4.07. The minimum Gasteiger partial charge on any atom is -0.374 e. The molecule has 0 bridgehead atoms. The van der Waals surface area contributed by atoms with Crippen molar-refractivity contribution in [2.45, 2.75) is 81.5 Å². The van der Waals surface area contributed by atoms with E-state index in [1.807, 2.05) is 0 Å². The van der Waals surface area contributed by atoms with Crippen molar-refractivity contribution in [2.24, 2.45) is 5.73 Å². The number of nitrogens with zero attached hydrogens (tertiary/aromatic N) is 1. The second kappa shape index (κ2) is 14.1. The van der Waals surface area contributed by atoms with Gasteiger partial charge in [-0.2, -0.15) is 0 Å². The van der Waals surface area contributed by atoms with Crippen LogP contribution < -0.4 is 15.8 Å². The Bertz CT molecular complexity index is 1750. The molecule has 0 radical (unpaired) electrons. The average Bonchev–Trinajstić information content (AvgIpc) is 3.20. The number of likely N-dealkylation sites (N-methyl/N-ethyl adjacent to an activating group) is 1. The molecule has 1 aliphatic carbocycles. The van der Waals surface area contributed by atoms with Crippen molar-refractivity contribution in [3.63, 3.8) is 0 Å². The summed E-state index contributed by atoms with van der Waals surface area (Å²) in [6.45, 7) is 3.82. The number of sulfone groups is 1. The summed E-state index contributed by atoms with van der Waals surface area (Å²) in [6.07, 6.45) is 4.48. The van der Waals surface area contributed by atoms with E-state index in [2.05, 4.69) is 10.0 Å². The van der Waals surface area contributed by atoms with Gasteiger partial charge in [-0.1, -0.05) is 31.4 Å². The number of ether oxygens (including phenoxy) is 1. The largest absolute Gasteiger partial charge is 0.374 e. The van der Waals surface area contributed by atoms with E-state index >= 15 is 0 Å². The number of nitrogens with one attached hydrogen (secondary N) is 2.